The van der Waals surface area contributed by atoms with Crippen molar-refractivity contribution in [2.45, 2.75) is 19.8 Å². The van der Waals surface area contributed by atoms with Crippen LogP contribution in [-0.2, 0) is 19.1 Å². The van der Waals surface area contributed by atoms with Crippen molar-refractivity contribution >= 4 is 11.9 Å². The van der Waals surface area contributed by atoms with Gasteiger partial charge in [0.1, 0.15) is 6.26 Å². The van der Waals surface area contributed by atoms with Crippen LogP contribution in [0.4, 0.5) is 0 Å². The van der Waals surface area contributed by atoms with E-state index in [-0.39, 0.29) is 11.9 Å². The Bertz CT molecular complexity index is 315. The van der Waals surface area contributed by atoms with Crippen molar-refractivity contribution in [2.24, 2.45) is 5.92 Å². The van der Waals surface area contributed by atoms with Gasteiger partial charge in [-0.1, -0.05) is 13.0 Å². The van der Waals surface area contributed by atoms with Crippen LogP contribution in [0.3, 0.4) is 0 Å². The fourth-order valence-electron chi connectivity index (χ4n) is 1.42. The molecule has 1 rings (SSSR count). The topological polar surface area (TPSA) is 52.6 Å². The minimum absolute atomic E-state index is 0.240. The van der Waals surface area contributed by atoms with Crippen LogP contribution in [-0.4, -0.2) is 19.0 Å². The molecule has 4 heteroatoms. The molecule has 1 aliphatic rings. The molecule has 0 saturated heterocycles. The van der Waals surface area contributed by atoms with E-state index in [2.05, 4.69) is 4.74 Å². The summed E-state index contributed by atoms with van der Waals surface area (Å²) in [7, 11) is 1.26. The lowest BCUT2D eigenvalue weighted by Gasteiger charge is -2.05. The zero-order valence-corrected chi connectivity index (χ0v) is 8.86. The first-order valence-corrected chi connectivity index (χ1v) is 4.80. The molecule has 0 amide bonds. The molecule has 1 atom stereocenters. The molecule has 0 spiro atoms. The fourth-order valence-corrected chi connectivity index (χ4v) is 1.42. The van der Waals surface area contributed by atoms with Crippen molar-refractivity contribution in [2.75, 3.05) is 7.11 Å². The van der Waals surface area contributed by atoms with Gasteiger partial charge in [0.2, 0.25) is 0 Å². The van der Waals surface area contributed by atoms with E-state index in [1.165, 1.54) is 7.11 Å². The third-order valence-corrected chi connectivity index (χ3v) is 2.31. The number of carbonyl (C=O) groups excluding carboxylic acids is 2. The van der Waals surface area contributed by atoms with Gasteiger partial charge in [0.15, 0.2) is 0 Å². The van der Waals surface area contributed by atoms with E-state index < -0.39 is 5.97 Å². The van der Waals surface area contributed by atoms with Crippen LogP contribution < -0.4 is 0 Å². The maximum absolute atomic E-state index is 11.4. The molecule has 0 bridgehead atoms. The predicted octanol–water partition coefficient (Wildman–Crippen LogP) is 1.57. The Hall–Kier alpha value is -1.58. The Balaban J connectivity index is 2.43. The number of methoxy groups -OCH3 is 1. The average Bonchev–Trinajstić information content (AvgIpc) is 2.64. The molecule has 0 N–H and O–H groups in total. The van der Waals surface area contributed by atoms with E-state index in [4.69, 9.17) is 4.74 Å². The number of hydrogen-bond donors (Lipinski definition) is 0. The molecule has 0 radical (unpaired) electrons. The van der Waals surface area contributed by atoms with Crippen LogP contribution in [0.1, 0.15) is 19.8 Å². The summed E-state index contributed by atoms with van der Waals surface area (Å²) in [5.41, 5.74) is 0.685. The maximum Gasteiger partial charge on any atom is 0.338 e. The summed E-state index contributed by atoms with van der Waals surface area (Å²) < 4.78 is 9.13. The van der Waals surface area contributed by atoms with Crippen LogP contribution in [0.15, 0.2) is 24.0 Å². The molecule has 1 aliphatic carbocycles. The van der Waals surface area contributed by atoms with Crippen LogP contribution in [0, 0.1) is 5.92 Å². The molecule has 0 aromatic carbocycles. The molecule has 0 saturated carbocycles. The minimum atomic E-state index is -0.545. The highest BCUT2D eigenvalue weighted by atomic mass is 16.5. The highest BCUT2D eigenvalue weighted by Crippen LogP contribution is 2.25. The lowest BCUT2D eigenvalue weighted by Crippen LogP contribution is -2.08. The van der Waals surface area contributed by atoms with Crippen LogP contribution in [0.5, 0.6) is 0 Å². The molecule has 82 valence electrons. The molecule has 0 unspecified atom stereocenters. The first-order valence-electron chi connectivity index (χ1n) is 4.80. The standard InChI is InChI=1S/C11H14O4/c1-8-4-3-5-9(8)11(13)15-7-6-10(12)14-2/h5-8H,3-4H2,1-2H3/b7-6+/t8-/m0/s1. The van der Waals surface area contributed by atoms with E-state index in [9.17, 15) is 9.59 Å². The molecule has 0 aliphatic heterocycles. The largest absolute Gasteiger partial charge is 0.466 e. The van der Waals surface area contributed by atoms with Crippen molar-refractivity contribution in [1.82, 2.24) is 0 Å². The van der Waals surface area contributed by atoms with E-state index in [0.29, 0.717) is 5.57 Å². The molecule has 0 aromatic rings. The Morgan fingerprint density at radius 2 is 2.27 bits per heavy atom. The summed E-state index contributed by atoms with van der Waals surface area (Å²) in [5, 5.41) is 0. The van der Waals surface area contributed by atoms with Gasteiger partial charge >= 0.3 is 11.9 Å². The minimum Gasteiger partial charge on any atom is -0.466 e. The fraction of sp³-hybridized carbons (Fsp3) is 0.455. The third-order valence-electron chi connectivity index (χ3n) is 2.31. The number of rotatable bonds is 3. The van der Waals surface area contributed by atoms with Crippen LogP contribution in [0.25, 0.3) is 0 Å². The van der Waals surface area contributed by atoms with Crippen LogP contribution in [0.2, 0.25) is 0 Å². The quantitative estimate of drug-likeness (QED) is 0.403. The maximum atomic E-state index is 11.4. The molecule has 0 fully saturated rings. The van der Waals surface area contributed by atoms with Gasteiger partial charge in [-0.15, -0.1) is 0 Å². The summed E-state index contributed by atoms with van der Waals surface area (Å²) in [4.78, 5) is 22.1. The van der Waals surface area contributed by atoms with Gasteiger partial charge in [-0.25, -0.2) is 9.59 Å². The van der Waals surface area contributed by atoms with E-state index in [1.54, 1.807) is 0 Å². The molecular formula is C11H14O4. The van der Waals surface area contributed by atoms with Crippen molar-refractivity contribution in [3.8, 4) is 0 Å². The van der Waals surface area contributed by atoms with Crippen molar-refractivity contribution in [1.29, 1.82) is 0 Å². The first-order chi connectivity index (χ1) is 7.15. The zero-order valence-electron chi connectivity index (χ0n) is 8.86. The number of ether oxygens (including phenoxy) is 2. The SMILES string of the molecule is COC(=O)/C=C/OC(=O)C1=CCC[C@@H]1C. The van der Waals surface area contributed by atoms with Gasteiger partial charge in [-0.05, 0) is 18.8 Å². The van der Waals surface area contributed by atoms with Crippen molar-refractivity contribution in [3.63, 3.8) is 0 Å². The second-order valence-electron chi connectivity index (χ2n) is 3.37. The summed E-state index contributed by atoms with van der Waals surface area (Å²) in [6.45, 7) is 1.98. The lowest BCUT2D eigenvalue weighted by molar-refractivity contribution is -0.135. The Morgan fingerprint density at radius 3 is 2.80 bits per heavy atom. The number of allylic oxidation sites excluding steroid dienone is 1. The second-order valence-corrected chi connectivity index (χ2v) is 3.37. The summed E-state index contributed by atoms with van der Waals surface area (Å²) in [5.74, 6) is -0.694. The molecule has 0 heterocycles. The van der Waals surface area contributed by atoms with Crippen LogP contribution >= 0.6 is 0 Å². The average molecular weight is 210 g/mol. The third kappa shape index (κ3) is 3.23. The predicted molar refractivity (Wildman–Crippen MR) is 53.7 cm³/mol. The summed E-state index contributed by atoms with van der Waals surface area (Å²) >= 11 is 0. The van der Waals surface area contributed by atoms with Gasteiger partial charge in [-0.2, -0.15) is 0 Å². The van der Waals surface area contributed by atoms with E-state index in [0.717, 1.165) is 25.2 Å². The highest BCUT2D eigenvalue weighted by molar-refractivity contribution is 5.90. The van der Waals surface area contributed by atoms with Crippen molar-refractivity contribution in [3.05, 3.63) is 24.0 Å². The molecular weight excluding hydrogens is 196 g/mol. The second kappa shape index (κ2) is 5.34. The monoisotopic (exact) mass is 210 g/mol. The van der Waals surface area contributed by atoms with E-state index >= 15 is 0 Å². The van der Waals surface area contributed by atoms with Crippen molar-refractivity contribution < 1.29 is 19.1 Å². The molecule has 15 heavy (non-hydrogen) atoms. The Kier molecular flexibility index (Phi) is 4.09. The number of carbonyl (C=O) groups is 2. The highest BCUT2D eigenvalue weighted by Gasteiger charge is 2.21. The van der Waals surface area contributed by atoms with Gasteiger partial charge in [0, 0.05) is 5.57 Å². The van der Waals surface area contributed by atoms with Gasteiger partial charge in [0.25, 0.3) is 0 Å². The Labute approximate surface area is 88.6 Å². The van der Waals surface area contributed by atoms with E-state index in [1.807, 2.05) is 13.0 Å². The smallest absolute Gasteiger partial charge is 0.338 e. The van der Waals surface area contributed by atoms with Gasteiger partial charge < -0.3 is 9.47 Å². The zero-order chi connectivity index (χ0) is 11.3. The first kappa shape index (κ1) is 11.5. The van der Waals surface area contributed by atoms with Gasteiger partial charge in [0.05, 0.1) is 13.2 Å². The lowest BCUT2D eigenvalue weighted by atomic mass is 10.1. The Morgan fingerprint density at radius 1 is 1.53 bits per heavy atom. The normalized spacial score (nSPS) is 20.1. The number of esters is 2. The molecule has 0 aromatic heterocycles. The van der Waals surface area contributed by atoms with Gasteiger partial charge in [-0.3, -0.25) is 0 Å². The summed E-state index contributed by atoms with van der Waals surface area (Å²) in [6, 6.07) is 0. The molecule has 4 nitrogen and oxygen atoms in total. The summed E-state index contributed by atoms with van der Waals surface area (Å²) in [6.07, 6.45) is 5.88. The number of hydrogen-bond acceptors (Lipinski definition) is 4.